The first kappa shape index (κ1) is 46.6. The summed E-state index contributed by atoms with van der Waals surface area (Å²) in [7, 11) is -3.67. The van der Waals surface area contributed by atoms with Gasteiger partial charge in [0.25, 0.3) is 10.1 Å². The van der Waals surface area contributed by atoms with Crippen LogP contribution in [0.5, 0.6) is 17.2 Å². The smallest absolute Gasteiger partial charge is 0.311 e. The largest absolute Gasteiger partial charge is 0.453 e. The third-order valence-electron chi connectivity index (χ3n) is 8.64. The molecule has 1 unspecified atom stereocenters. The van der Waals surface area contributed by atoms with Crippen molar-refractivity contribution in [3.8, 4) is 17.2 Å². The summed E-state index contributed by atoms with van der Waals surface area (Å²) in [6.07, 6.45) is 25.5. The molecule has 1 atom stereocenters. The third kappa shape index (κ3) is 27.8. The lowest BCUT2D eigenvalue weighted by molar-refractivity contribution is -0.134. The van der Waals surface area contributed by atoms with Gasteiger partial charge in [0.15, 0.2) is 11.5 Å². The summed E-state index contributed by atoms with van der Waals surface area (Å²) in [4.78, 5) is 12.8. The first-order chi connectivity index (χ1) is 24.2. The lowest BCUT2D eigenvalue weighted by Crippen LogP contribution is -2.38. The van der Waals surface area contributed by atoms with E-state index < -0.39 is 16.2 Å². The van der Waals surface area contributed by atoms with Gasteiger partial charge in [-0.1, -0.05) is 146 Å². The zero-order chi connectivity index (χ0) is 38.0. The minimum atomic E-state index is -3.67. The van der Waals surface area contributed by atoms with E-state index >= 15 is 0 Å². The molecule has 292 valence electrons. The number of rotatable bonds is 26. The number of aryl methyl sites for hydroxylation is 1. The second-order valence-electron chi connectivity index (χ2n) is 15.1. The van der Waals surface area contributed by atoms with Crippen molar-refractivity contribution in [3.63, 3.8) is 0 Å². The molecule has 51 heavy (non-hydrogen) atoms. The summed E-state index contributed by atoms with van der Waals surface area (Å²) in [6.45, 7) is 10.9. The maximum Gasteiger partial charge on any atom is 0.311 e. The molecule has 8 nitrogen and oxygen atoms in total. The van der Waals surface area contributed by atoms with E-state index in [0.29, 0.717) is 42.0 Å². The lowest BCUT2D eigenvalue weighted by atomic mass is 10.0. The lowest BCUT2D eigenvalue weighted by Gasteiger charge is -2.23. The first-order valence-corrected chi connectivity index (χ1v) is 21.5. The average Bonchev–Trinajstić information content (AvgIpc) is 3.05. The van der Waals surface area contributed by atoms with Crippen LogP contribution in [0.4, 0.5) is 0 Å². The molecular formula is C42H71NO7S. The van der Waals surface area contributed by atoms with Gasteiger partial charge in [-0.3, -0.25) is 9.35 Å². The van der Waals surface area contributed by atoms with Crippen LogP contribution in [-0.2, 0) is 14.9 Å². The molecule has 2 rings (SSSR count). The zero-order valence-corrected chi connectivity index (χ0v) is 33.6. The van der Waals surface area contributed by atoms with Crippen LogP contribution in [0.1, 0.15) is 173 Å². The number of β-amino-alcohol motifs (C(OH)–C–C–N with tert-alkyl or cyclic N) is 1. The number of ether oxygens (including phenoxy) is 2. The molecule has 0 fully saturated rings. The van der Waals surface area contributed by atoms with E-state index in [4.69, 9.17) is 14.0 Å². The van der Waals surface area contributed by atoms with Gasteiger partial charge in [-0.05, 0) is 63.9 Å². The predicted octanol–water partition coefficient (Wildman–Crippen LogP) is 11.4. The minimum Gasteiger partial charge on any atom is -0.453 e. The fourth-order valence-electron chi connectivity index (χ4n) is 5.67. The minimum absolute atomic E-state index is 0.114. The summed E-state index contributed by atoms with van der Waals surface area (Å²) in [5.41, 5.74) is 1.71. The van der Waals surface area contributed by atoms with E-state index in [2.05, 4.69) is 33.0 Å². The molecular weight excluding hydrogens is 663 g/mol. The number of unbranched alkanes of at least 4 members (excludes halogenated alkanes) is 18. The Morgan fingerprint density at radius 1 is 0.725 bits per heavy atom. The molecule has 3 N–H and O–H groups in total. The fraction of sp³-hybridized carbons (Fsp3) is 0.690. The molecule has 0 amide bonds. The van der Waals surface area contributed by atoms with Gasteiger partial charge in [-0.25, -0.2) is 0 Å². The highest BCUT2D eigenvalue weighted by Gasteiger charge is 2.18. The third-order valence-corrected chi connectivity index (χ3v) is 8.64. The molecule has 0 saturated heterocycles. The number of aliphatic hydroxyl groups excluding tert-OH is 1. The topological polar surface area (TPSA) is 122 Å². The number of carbonyl (C=O) groups excluding carboxylic acids is 1. The van der Waals surface area contributed by atoms with E-state index in [9.17, 15) is 18.3 Å². The van der Waals surface area contributed by atoms with Gasteiger partial charge in [0.2, 0.25) is 0 Å². The van der Waals surface area contributed by atoms with Crippen molar-refractivity contribution >= 4 is 16.1 Å². The SMILES string of the molecule is CCCCCCCCCCCCCCCCCCCCCC(=O)Oc1cc(C(O)CNC(C)(C)C)ccc1Oc1ccc(C)cc1.CS(=O)(=O)O. The fourth-order valence-corrected chi connectivity index (χ4v) is 5.67. The maximum atomic E-state index is 12.8. The standard InChI is InChI=1S/C41H67NO4.CH4O3S/c1-6-7-8-9-10-11-12-13-14-15-16-17-18-19-20-21-22-23-24-25-40(44)46-39-32-35(37(43)33-42-41(3,4)5)28-31-38(39)45-36-29-26-34(2)27-30-36;1-5(2,3)4/h26-32,37,42-43H,6-25,33H2,1-5H3;1H3,(H,2,3,4). The molecule has 2 aromatic carbocycles. The molecule has 0 radical (unpaired) electrons. The van der Waals surface area contributed by atoms with Crippen LogP contribution in [-0.4, -0.2) is 42.4 Å². The number of esters is 1. The van der Waals surface area contributed by atoms with Crippen molar-refractivity contribution in [1.82, 2.24) is 5.32 Å². The molecule has 0 bridgehead atoms. The predicted molar refractivity (Wildman–Crippen MR) is 212 cm³/mol. The zero-order valence-electron chi connectivity index (χ0n) is 32.8. The molecule has 9 heteroatoms. The van der Waals surface area contributed by atoms with Gasteiger partial charge < -0.3 is 19.9 Å². The van der Waals surface area contributed by atoms with E-state index in [-0.39, 0.29) is 11.5 Å². The van der Waals surface area contributed by atoms with Crippen molar-refractivity contribution in [2.75, 3.05) is 12.8 Å². The normalized spacial score (nSPS) is 12.2. The Labute approximate surface area is 311 Å². The van der Waals surface area contributed by atoms with Crippen molar-refractivity contribution < 1.29 is 32.3 Å². The molecule has 0 spiro atoms. The number of nitrogens with one attached hydrogen (secondary N) is 1. The summed E-state index contributed by atoms with van der Waals surface area (Å²) in [5.74, 6) is 1.21. The number of hydrogen-bond donors (Lipinski definition) is 3. The van der Waals surface area contributed by atoms with E-state index in [1.807, 2.05) is 37.3 Å². The van der Waals surface area contributed by atoms with Gasteiger partial charge >= 0.3 is 5.97 Å². The second-order valence-corrected chi connectivity index (χ2v) is 16.6. The summed E-state index contributed by atoms with van der Waals surface area (Å²) >= 11 is 0. The number of aliphatic hydroxyl groups is 1. The van der Waals surface area contributed by atoms with Crippen molar-refractivity contribution in [2.45, 2.75) is 175 Å². The Morgan fingerprint density at radius 2 is 1.16 bits per heavy atom. The molecule has 0 aliphatic heterocycles. The van der Waals surface area contributed by atoms with Gasteiger partial charge in [-0.2, -0.15) is 8.42 Å². The van der Waals surface area contributed by atoms with Crippen LogP contribution in [0.3, 0.4) is 0 Å². The second kappa shape index (κ2) is 27.2. The highest BCUT2D eigenvalue weighted by Crippen LogP contribution is 2.35. The molecule has 0 aromatic heterocycles. The van der Waals surface area contributed by atoms with Crippen LogP contribution >= 0.6 is 0 Å². The average molecular weight is 734 g/mol. The Bertz CT molecular complexity index is 1280. The Morgan fingerprint density at radius 3 is 1.59 bits per heavy atom. The molecule has 0 heterocycles. The monoisotopic (exact) mass is 733 g/mol. The van der Waals surface area contributed by atoms with Crippen LogP contribution in [0.15, 0.2) is 42.5 Å². The van der Waals surface area contributed by atoms with Crippen LogP contribution < -0.4 is 14.8 Å². The van der Waals surface area contributed by atoms with Gasteiger partial charge in [0, 0.05) is 18.5 Å². The molecule has 2 aromatic rings. The molecule has 0 aliphatic carbocycles. The van der Waals surface area contributed by atoms with E-state index in [1.54, 1.807) is 12.1 Å². The van der Waals surface area contributed by atoms with Gasteiger partial charge in [0.1, 0.15) is 5.75 Å². The van der Waals surface area contributed by atoms with Crippen LogP contribution in [0.2, 0.25) is 0 Å². The van der Waals surface area contributed by atoms with Crippen molar-refractivity contribution in [2.24, 2.45) is 0 Å². The quantitative estimate of drug-likeness (QED) is 0.0378. The van der Waals surface area contributed by atoms with Crippen LogP contribution in [0.25, 0.3) is 0 Å². The summed E-state index contributed by atoms with van der Waals surface area (Å²) < 4.78 is 37.8. The molecule has 0 saturated carbocycles. The number of carbonyl (C=O) groups is 1. The molecule has 0 aliphatic rings. The van der Waals surface area contributed by atoms with E-state index in [0.717, 1.165) is 24.8 Å². The highest BCUT2D eigenvalue weighted by molar-refractivity contribution is 7.85. The number of benzene rings is 2. The Hall–Kier alpha value is -2.46. The van der Waals surface area contributed by atoms with Gasteiger partial charge in [0.05, 0.1) is 12.4 Å². The number of hydrogen-bond acceptors (Lipinski definition) is 7. The maximum absolute atomic E-state index is 12.8. The summed E-state index contributed by atoms with van der Waals surface area (Å²) in [5, 5.41) is 14.1. The Balaban J connectivity index is 0.00000242. The van der Waals surface area contributed by atoms with Crippen molar-refractivity contribution in [1.29, 1.82) is 0 Å². The van der Waals surface area contributed by atoms with Gasteiger partial charge in [-0.15, -0.1) is 0 Å². The summed E-state index contributed by atoms with van der Waals surface area (Å²) in [6, 6.07) is 13.1. The van der Waals surface area contributed by atoms with E-state index in [1.165, 1.54) is 103 Å². The van der Waals surface area contributed by atoms with Crippen LogP contribution in [0, 0.1) is 6.92 Å². The Kier molecular flexibility index (Phi) is 24.8. The van der Waals surface area contributed by atoms with Crippen molar-refractivity contribution in [3.05, 3.63) is 53.6 Å². The highest BCUT2D eigenvalue weighted by atomic mass is 32.2. The first-order valence-electron chi connectivity index (χ1n) is 19.6.